The van der Waals surface area contributed by atoms with Crippen molar-refractivity contribution in [2.45, 2.75) is 19.8 Å². The van der Waals surface area contributed by atoms with E-state index in [9.17, 15) is 4.79 Å². The zero-order valence-corrected chi connectivity index (χ0v) is 10.1. The van der Waals surface area contributed by atoms with Crippen LogP contribution in [-0.2, 0) is 0 Å². The fourth-order valence-electron chi connectivity index (χ4n) is 1.39. The lowest BCUT2D eigenvalue weighted by atomic mass is 9.99. The quantitative estimate of drug-likeness (QED) is 0.776. The summed E-state index contributed by atoms with van der Waals surface area (Å²) in [5, 5.41) is 0. The van der Waals surface area contributed by atoms with Crippen molar-refractivity contribution in [2.75, 3.05) is 7.11 Å². The molecule has 1 rings (SSSR count). The number of hydrogen-bond acceptors (Lipinski definition) is 2. The number of aldehydes is 1. The van der Waals surface area contributed by atoms with Gasteiger partial charge in [-0.1, -0.05) is 29.8 Å². The van der Waals surface area contributed by atoms with E-state index in [0.29, 0.717) is 17.2 Å². The Hall–Kier alpha value is -0.830. The van der Waals surface area contributed by atoms with Gasteiger partial charge in [0.1, 0.15) is 5.75 Å². The Morgan fingerprint density at radius 2 is 2.07 bits per heavy atom. The Kier molecular flexibility index (Phi) is 3.69. The van der Waals surface area contributed by atoms with Crippen molar-refractivity contribution in [2.24, 2.45) is 0 Å². The third-order valence-corrected chi connectivity index (χ3v) is 2.52. The van der Waals surface area contributed by atoms with Crippen molar-refractivity contribution in [3.05, 3.63) is 27.7 Å². The summed E-state index contributed by atoms with van der Waals surface area (Å²) in [6.45, 7) is 4.14. The molecule has 0 unspecified atom stereocenters. The zero-order valence-electron chi connectivity index (χ0n) is 8.50. The van der Waals surface area contributed by atoms with Gasteiger partial charge in [0.25, 0.3) is 0 Å². The number of benzene rings is 1. The SMILES string of the molecule is COc1c(C=O)cc(Br)cc1C(C)C. The van der Waals surface area contributed by atoms with Gasteiger partial charge < -0.3 is 4.74 Å². The van der Waals surface area contributed by atoms with Gasteiger partial charge in [-0.05, 0) is 23.6 Å². The molecule has 14 heavy (non-hydrogen) atoms. The summed E-state index contributed by atoms with van der Waals surface area (Å²) in [7, 11) is 1.59. The maximum absolute atomic E-state index is 10.8. The smallest absolute Gasteiger partial charge is 0.153 e. The molecular formula is C11H13BrO2. The number of ether oxygens (including phenoxy) is 1. The second-order valence-corrected chi connectivity index (χ2v) is 4.31. The Labute approximate surface area is 92.4 Å². The molecule has 0 atom stereocenters. The van der Waals surface area contributed by atoms with Crippen LogP contribution in [0, 0.1) is 0 Å². The third-order valence-electron chi connectivity index (χ3n) is 2.06. The summed E-state index contributed by atoms with van der Waals surface area (Å²) in [4.78, 5) is 10.8. The first-order chi connectivity index (χ1) is 6.60. The fraction of sp³-hybridized carbons (Fsp3) is 0.364. The van der Waals surface area contributed by atoms with E-state index >= 15 is 0 Å². The predicted octanol–water partition coefficient (Wildman–Crippen LogP) is 3.39. The number of rotatable bonds is 3. The molecule has 0 saturated carbocycles. The monoisotopic (exact) mass is 256 g/mol. The van der Waals surface area contributed by atoms with Gasteiger partial charge in [0.05, 0.1) is 12.7 Å². The van der Waals surface area contributed by atoms with Crippen LogP contribution in [0.25, 0.3) is 0 Å². The number of carbonyl (C=O) groups is 1. The fourth-order valence-corrected chi connectivity index (χ4v) is 1.88. The molecule has 0 saturated heterocycles. The molecule has 76 valence electrons. The van der Waals surface area contributed by atoms with Crippen LogP contribution in [0.1, 0.15) is 35.7 Å². The minimum atomic E-state index is 0.334. The van der Waals surface area contributed by atoms with Crippen molar-refractivity contribution in [3.8, 4) is 5.75 Å². The normalized spacial score (nSPS) is 10.4. The molecule has 0 fully saturated rings. The van der Waals surface area contributed by atoms with Crippen molar-refractivity contribution >= 4 is 22.2 Å². The van der Waals surface area contributed by atoms with Crippen LogP contribution in [0.4, 0.5) is 0 Å². The van der Waals surface area contributed by atoms with Crippen LogP contribution in [-0.4, -0.2) is 13.4 Å². The van der Waals surface area contributed by atoms with Gasteiger partial charge in [-0.15, -0.1) is 0 Å². The van der Waals surface area contributed by atoms with E-state index in [1.807, 2.05) is 6.07 Å². The first kappa shape index (κ1) is 11.2. The van der Waals surface area contributed by atoms with Crippen LogP contribution < -0.4 is 4.74 Å². The van der Waals surface area contributed by atoms with Gasteiger partial charge in [-0.2, -0.15) is 0 Å². The highest BCUT2D eigenvalue weighted by Crippen LogP contribution is 2.32. The first-order valence-electron chi connectivity index (χ1n) is 4.42. The predicted molar refractivity (Wildman–Crippen MR) is 60.2 cm³/mol. The number of halogens is 1. The molecule has 1 aromatic carbocycles. The summed E-state index contributed by atoms with van der Waals surface area (Å²) < 4.78 is 6.14. The standard InChI is InChI=1S/C11H13BrO2/c1-7(2)10-5-9(12)4-8(6-13)11(10)14-3/h4-7H,1-3H3. The van der Waals surface area contributed by atoms with E-state index in [4.69, 9.17) is 4.74 Å². The van der Waals surface area contributed by atoms with Gasteiger partial charge in [0, 0.05) is 4.47 Å². The summed E-state index contributed by atoms with van der Waals surface area (Å²) in [5.74, 6) is 1.01. The minimum absolute atomic E-state index is 0.334. The third kappa shape index (κ3) is 2.15. The second-order valence-electron chi connectivity index (χ2n) is 3.39. The van der Waals surface area contributed by atoms with Crippen molar-refractivity contribution < 1.29 is 9.53 Å². The van der Waals surface area contributed by atoms with E-state index in [2.05, 4.69) is 29.8 Å². The van der Waals surface area contributed by atoms with E-state index in [-0.39, 0.29) is 0 Å². The molecule has 0 aromatic heterocycles. The van der Waals surface area contributed by atoms with E-state index in [0.717, 1.165) is 16.3 Å². The Balaban J connectivity index is 3.39. The number of methoxy groups -OCH3 is 1. The summed E-state index contributed by atoms with van der Waals surface area (Å²) in [6.07, 6.45) is 0.815. The van der Waals surface area contributed by atoms with E-state index < -0.39 is 0 Å². The largest absolute Gasteiger partial charge is 0.496 e. The van der Waals surface area contributed by atoms with Crippen molar-refractivity contribution in [1.29, 1.82) is 0 Å². The molecule has 0 aliphatic heterocycles. The molecule has 0 aliphatic carbocycles. The molecule has 0 heterocycles. The van der Waals surface area contributed by atoms with Gasteiger partial charge in [0.15, 0.2) is 6.29 Å². The lowest BCUT2D eigenvalue weighted by Gasteiger charge is -2.14. The maximum Gasteiger partial charge on any atom is 0.153 e. The van der Waals surface area contributed by atoms with Crippen LogP contribution in [0.5, 0.6) is 5.75 Å². The lowest BCUT2D eigenvalue weighted by Crippen LogP contribution is -1.98. The highest BCUT2D eigenvalue weighted by Gasteiger charge is 2.12. The highest BCUT2D eigenvalue weighted by molar-refractivity contribution is 9.10. The van der Waals surface area contributed by atoms with Gasteiger partial charge >= 0.3 is 0 Å². The van der Waals surface area contributed by atoms with Crippen molar-refractivity contribution in [3.63, 3.8) is 0 Å². The average molecular weight is 257 g/mol. The Bertz CT molecular complexity index is 345. The van der Waals surface area contributed by atoms with E-state index in [1.165, 1.54) is 0 Å². The molecule has 0 N–H and O–H groups in total. The molecule has 0 amide bonds. The minimum Gasteiger partial charge on any atom is -0.496 e. The number of hydrogen-bond donors (Lipinski definition) is 0. The molecule has 2 nitrogen and oxygen atoms in total. The average Bonchev–Trinajstić information content (AvgIpc) is 2.16. The number of carbonyl (C=O) groups excluding carboxylic acids is 1. The van der Waals surface area contributed by atoms with Crippen LogP contribution >= 0.6 is 15.9 Å². The molecule has 0 radical (unpaired) electrons. The molecule has 0 aliphatic rings. The Morgan fingerprint density at radius 1 is 1.43 bits per heavy atom. The molecule has 0 bridgehead atoms. The molecule has 3 heteroatoms. The summed E-state index contributed by atoms with van der Waals surface area (Å²) >= 11 is 3.37. The first-order valence-corrected chi connectivity index (χ1v) is 5.22. The Morgan fingerprint density at radius 3 is 2.50 bits per heavy atom. The van der Waals surface area contributed by atoms with Gasteiger partial charge in [0.2, 0.25) is 0 Å². The molecule has 0 spiro atoms. The van der Waals surface area contributed by atoms with Crippen LogP contribution in [0.2, 0.25) is 0 Å². The van der Waals surface area contributed by atoms with Crippen LogP contribution in [0.3, 0.4) is 0 Å². The second kappa shape index (κ2) is 4.60. The maximum atomic E-state index is 10.8. The highest BCUT2D eigenvalue weighted by atomic mass is 79.9. The summed E-state index contributed by atoms with van der Waals surface area (Å²) in [6, 6.07) is 3.74. The zero-order chi connectivity index (χ0) is 10.7. The van der Waals surface area contributed by atoms with Crippen molar-refractivity contribution in [1.82, 2.24) is 0 Å². The van der Waals surface area contributed by atoms with E-state index in [1.54, 1.807) is 13.2 Å². The van der Waals surface area contributed by atoms with Gasteiger partial charge in [-0.3, -0.25) is 4.79 Å². The van der Waals surface area contributed by atoms with Gasteiger partial charge in [-0.25, -0.2) is 0 Å². The molecule has 1 aromatic rings. The van der Waals surface area contributed by atoms with Crippen LogP contribution in [0.15, 0.2) is 16.6 Å². The molecular weight excluding hydrogens is 244 g/mol. The topological polar surface area (TPSA) is 26.3 Å². The lowest BCUT2D eigenvalue weighted by molar-refractivity contribution is 0.112. The summed E-state index contributed by atoms with van der Waals surface area (Å²) in [5.41, 5.74) is 1.63.